The topological polar surface area (TPSA) is 27.7 Å². The van der Waals surface area contributed by atoms with E-state index in [4.69, 9.17) is 14.2 Å². The molecule has 6 atom stereocenters. The second-order valence-electron chi connectivity index (χ2n) is 5.51. The van der Waals surface area contributed by atoms with Crippen molar-refractivity contribution in [2.75, 3.05) is 0 Å². The predicted octanol–water partition coefficient (Wildman–Crippen LogP) is -0.206. The fourth-order valence-electron chi connectivity index (χ4n) is 5.13. The molecule has 3 saturated heterocycles. The van der Waals surface area contributed by atoms with Crippen molar-refractivity contribution in [3.63, 3.8) is 0 Å². The van der Waals surface area contributed by atoms with Gasteiger partial charge in [0.05, 0.1) is 36.6 Å². The number of ether oxygens (including phenoxy) is 3. The zero-order chi connectivity index (χ0) is 7.89. The van der Waals surface area contributed by atoms with Crippen molar-refractivity contribution in [2.24, 2.45) is 23.7 Å². The summed E-state index contributed by atoms with van der Waals surface area (Å²) in [5.74, 6) is 3.08. The molecule has 7 aliphatic rings. The van der Waals surface area contributed by atoms with Gasteiger partial charge in [-0.2, -0.15) is 0 Å². The summed E-state index contributed by atoms with van der Waals surface area (Å²) in [5.41, 5.74) is 0. The Morgan fingerprint density at radius 1 is 0.385 bits per heavy atom. The van der Waals surface area contributed by atoms with Crippen molar-refractivity contribution in [3.05, 3.63) is 0 Å². The molecule has 4 aliphatic carbocycles. The van der Waals surface area contributed by atoms with Gasteiger partial charge in [-0.25, -0.2) is 0 Å². The first-order chi connectivity index (χ1) is 6.45. The minimum atomic E-state index is 0.416. The highest BCUT2D eigenvalue weighted by atomic mass is 16.6. The largest absolute Gasteiger partial charge is 0.369 e. The lowest BCUT2D eigenvalue weighted by molar-refractivity contribution is -0.0877. The first-order valence-corrected chi connectivity index (χ1v) is 5.41. The fraction of sp³-hybridized carbons (Fsp3) is 1.00. The van der Waals surface area contributed by atoms with E-state index in [9.17, 15) is 0 Å². The van der Waals surface area contributed by atoms with E-state index in [0.29, 0.717) is 42.5 Å². The van der Waals surface area contributed by atoms with Gasteiger partial charge >= 0.3 is 0 Å². The molecule has 10 bridgehead atoms. The normalized spacial score (nSPS) is 88.6. The molecule has 0 radical (unpaired) electrons. The van der Waals surface area contributed by atoms with Crippen LogP contribution in [0.25, 0.3) is 0 Å². The van der Waals surface area contributed by atoms with Gasteiger partial charge in [-0.1, -0.05) is 0 Å². The van der Waals surface area contributed by atoms with Gasteiger partial charge < -0.3 is 14.2 Å². The van der Waals surface area contributed by atoms with Gasteiger partial charge in [0.15, 0.2) is 0 Å². The SMILES string of the molecule is O1C2C3OC4C5OC(C1C1C5C31)C42. The van der Waals surface area contributed by atoms with Crippen molar-refractivity contribution in [1.82, 2.24) is 0 Å². The van der Waals surface area contributed by atoms with Gasteiger partial charge in [0.1, 0.15) is 0 Å². The van der Waals surface area contributed by atoms with Crippen molar-refractivity contribution in [2.45, 2.75) is 36.6 Å². The van der Waals surface area contributed by atoms with Gasteiger partial charge in [0.2, 0.25) is 0 Å². The van der Waals surface area contributed by atoms with E-state index < -0.39 is 0 Å². The molecule has 0 spiro atoms. The van der Waals surface area contributed by atoms with Crippen LogP contribution in [0.15, 0.2) is 0 Å². The highest BCUT2D eigenvalue weighted by Crippen LogP contribution is 2.75. The van der Waals surface area contributed by atoms with Gasteiger partial charge in [-0.05, 0) is 17.8 Å². The minimum absolute atomic E-state index is 0.416. The summed E-state index contributed by atoms with van der Waals surface area (Å²) >= 11 is 0. The monoisotopic (exact) mass is 178 g/mol. The molecule has 4 saturated carbocycles. The predicted molar refractivity (Wildman–Crippen MR) is 39.9 cm³/mol. The molecule has 13 heavy (non-hydrogen) atoms. The van der Waals surface area contributed by atoms with Crippen LogP contribution >= 0.6 is 0 Å². The molecular formula is C10H10O3. The molecule has 0 amide bonds. The maximum absolute atomic E-state index is 6.04. The Morgan fingerprint density at radius 2 is 0.692 bits per heavy atom. The van der Waals surface area contributed by atoms with Crippen molar-refractivity contribution in [1.29, 1.82) is 0 Å². The summed E-state index contributed by atoms with van der Waals surface area (Å²) in [6, 6.07) is 0. The lowest BCUT2D eigenvalue weighted by Gasteiger charge is -2.25. The molecular weight excluding hydrogens is 168 g/mol. The van der Waals surface area contributed by atoms with Crippen LogP contribution in [0.5, 0.6) is 0 Å². The molecule has 3 heterocycles. The quantitative estimate of drug-likeness (QED) is 0.514. The molecule has 0 aromatic heterocycles. The Bertz CT molecular complexity index is 285. The molecule has 3 aliphatic heterocycles. The number of hydrogen-bond donors (Lipinski definition) is 0. The first-order valence-electron chi connectivity index (χ1n) is 5.41. The number of hydrogen-bond acceptors (Lipinski definition) is 3. The smallest absolute Gasteiger partial charge is 0.0924 e. The molecule has 7 rings (SSSR count). The zero-order valence-electron chi connectivity index (χ0n) is 7.00. The molecule has 7 fully saturated rings. The lowest BCUT2D eigenvalue weighted by Crippen LogP contribution is -2.34. The summed E-state index contributed by atoms with van der Waals surface area (Å²) in [6.45, 7) is 0. The van der Waals surface area contributed by atoms with E-state index in [2.05, 4.69) is 0 Å². The molecule has 68 valence electrons. The first kappa shape index (κ1) is 5.69. The van der Waals surface area contributed by atoms with Crippen molar-refractivity contribution < 1.29 is 14.2 Å². The molecule has 0 N–H and O–H groups in total. The third kappa shape index (κ3) is 0.346. The second-order valence-corrected chi connectivity index (χ2v) is 5.51. The van der Waals surface area contributed by atoms with E-state index in [1.54, 1.807) is 0 Å². The summed E-state index contributed by atoms with van der Waals surface area (Å²) in [5, 5.41) is 0. The summed E-state index contributed by atoms with van der Waals surface area (Å²) < 4.78 is 18.1. The van der Waals surface area contributed by atoms with Crippen molar-refractivity contribution >= 4 is 0 Å². The molecule has 3 heteroatoms. The van der Waals surface area contributed by atoms with Crippen LogP contribution in [0, 0.1) is 23.7 Å². The van der Waals surface area contributed by atoms with E-state index in [-0.39, 0.29) is 0 Å². The van der Waals surface area contributed by atoms with Crippen molar-refractivity contribution in [3.8, 4) is 0 Å². The maximum atomic E-state index is 6.04. The summed E-state index contributed by atoms with van der Waals surface area (Å²) in [4.78, 5) is 0. The minimum Gasteiger partial charge on any atom is -0.369 e. The zero-order valence-corrected chi connectivity index (χ0v) is 7.00. The Hall–Kier alpha value is -0.120. The van der Waals surface area contributed by atoms with E-state index in [1.165, 1.54) is 0 Å². The highest BCUT2D eigenvalue weighted by Gasteiger charge is 2.85. The van der Waals surface area contributed by atoms with E-state index in [0.717, 1.165) is 17.8 Å². The van der Waals surface area contributed by atoms with Crippen LogP contribution < -0.4 is 0 Å². The molecule has 6 unspecified atom stereocenters. The second kappa shape index (κ2) is 1.30. The molecule has 3 nitrogen and oxygen atoms in total. The van der Waals surface area contributed by atoms with E-state index >= 15 is 0 Å². The average Bonchev–Trinajstić information content (AvgIpc) is 2.63. The third-order valence-corrected chi connectivity index (χ3v) is 5.38. The maximum Gasteiger partial charge on any atom is 0.0924 e. The van der Waals surface area contributed by atoms with Crippen LogP contribution in [0.4, 0.5) is 0 Å². The average molecular weight is 178 g/mol. The third-order valence-electron chi connectivity index (χ3n) is 5.38. The van der Waals surface area contributed by atoms with Gasteiger partial charge in [0.25, 0.3) is 0 Å². The Kier molecular flexibility index (Phi) is 0.569. The van der Waals surface area contributed by atoms with Crippen LogP contribution in [0.2, 0.25) is 0 Å². The number of rotatable bonds is 0. The van der Waals surface area contributed by atoms with Crippen LogP contribution in [-0.4, -0.2) is 36.6 Å². The van der Waals surface area contributed by atoms with E-state index in [1.807, 2.05) is 0 Å². The Morgan fingerprint density at radius 3 is 1.08 bits per heavy atom. The van der Waals surface area contributed by atoms with Gasteiger partial charge in [0, 0.05) is 5.92 Å². The molecule has 0 aromatic rings. The summed E-state index contributed by atoms with van der Waals surface area (Å²) in [6.07, 6.45) is 2.64. The summed E-state index contributed by atoms with van der Waals surface area (Å²) in [7, 11) is 0. The lowest BCUT2D eigenvalue weighted by atomic mass is 9.96. The van der Waals surface area contributed by atoms with Gasteiger partial charge in [-0.3, -0.25) is 0 Å². The fourth-order valence-corrected chi connectivity index (χ4v) is 5.13. The van der Waals surface area contributed by atoms with Crippen LogP contribution in [0.3, 0.4) is 0 Å². The highest BCUT2D eigenvalue weighted by molar-refractivity contribution is 5.31. The Balaban J connectivity index is 1.78. The van der Waals surface area contributed by atoms with Crippen LogP contribution in [0.1, 0.15) is 0 Å². The van der Waals surface area contributed by atoms with Crippen LogP contribution in [-0.2, 0) is 14.2 Å². The Labute approximate surface area is 75.3 Å². The molecule has 0 aromatic carbocycles. The standard InChI is InChI=1S/C10H10O3/c11-5-1-2-3(1)7-10-4(8(5)12-7)9(11)6(2)13-10/h1-10H. The van der Waals surface area contributed by atoms with Gasteiger partial charge in [-0.15, -0.1) is 0 Å².